The first-order chi connectivity index (χ1) is 4.70. The van der Waals surface area contributed by atoms with Gasteiger partial charge in [0.25, 0.3) is 6.47 Å². The molecule has 0 aromatic heterocycles. The van der Waals surface area contributed by atoms with Crippen LogP contribution in [-0.2, 0) is 19.1 Å². The topological polar surface area (TPSA) is 52.6 Å². The Morgan fingerprint density at radius 1 is 1.70 bits per heavy atom. The third-order valence-corrected chi connectivity index (χ3v) is 0.833. The highest BCUT2D eigenvalue weighted by Crippen LogP contribution is 1.93. The fourth-order valence-electron chi connectivity index (χ4n) is 0.374. The van der Waals surface area contributed by atoms with Crippen LogP contribution in [0.3, 0.4) is 0 Å². The Balaban J connectivity index is 3.46. The molecule has 0 fully saturated rings. The van der Waals surface area contributed by atoms with Gasteiger partial charge in [-0.15, -0.1) is 0 Å². The van der Waals surface area contributed by atoms with Crippen molar-refractivity contribution in [1.29, 1.82) is 0 Å². The van der Waals surface area contributed by atoms with Crippen LogP contribution in [0.15, 0.2) is 0 Å². The summed E-state index contributed by atoms with van der Waals surface area (Å²) in [4.78, 5) is 20.2. The molecule has 0 aliphatic heterocycles. The first kappa shape index (κ1) is 8.94. The highest BCUT2D eigenvalue weighted by Gasteiger charge is 2.05. The number of esters is 1. The predicted octanol–water partition coefficient (Wildman–Crippen LogP) is 0.459. The van der Waals surface area contributed by atoms with E-state index in [-0.39, 0.29) is 18.9 Å². The highest BCUT2D eigenvalue weighted by molar-refractivity contribution is 5.69. The Labute approximate surface area is 59.1 Å². The van der Waals surface area contributed by atoms with Crippen molar-refractivity contribution in [2.45, 2.75) is 26.6 Å². The normalized spacial score (nSPS) is 11.8. The molecule has 0 N–H and O–H groups in total. The Hall–Kier alpha value is -1.06. The van der Waals surface area contributed by atoms with E-state index in [9.17, 15) is 9.59 Å². The van der Waals surface area contributed by atoms with Gasteiger partial charge < -0.3 is 9.47 Å². The van der Waals surface area contributed by atoms with Gasteiger partial charge in [0.1, 0.15) is 0 Å². The Kier molecular flexibility index (Phi) is 4.28. The van der Waals surface area contributed by atoms with Gasteiger partial charge in [0.15, 0.2) is 0 Å². The molecule has 0 aliphatic rings. The van der Waals surface area contributed by atoms with Crippen LogP contribution in [0.4, 0.5) is 0 Å². The van der Waals surface area contributed by atoms with Gasteiger partial charge in [-0.2, -0.15) is 0 Å². The van der Waals surface area contributed by atoms with E-state index >= 15 is 0 Å². The fourth-order valence-corrected chi connectivity index (χ4v) is 0.374. The molecule has 0 spiro atoms. The number of hydrogen-bond acceptors (Lipinski definition) is 4. The third-order valence-electron chi connectivity index (χ3n) is 0.833. The van der Waals surface area contributed by atoms with Crippen LogP contribution in [0.5, 0.6) is 0 Å². The second kappa shape index (κ2) is 4.78. The molecule has 0 saturated carbocycles. The van der Waals surface area contributed by atoms with Crippen LogP contribution in [0.25, 0.3) is 0 Å². The van der Waals surface area contributed by atoms with Gasteiger partial charge in [-0.05, 0) is 0 Å². The maximum absolute atomic E-state index is 10.5. The molecule has 10 heavy (non-hydrogen) atoms. The fraction of sp³-hybridized carbons (Fsp3) is 0.667. The van der Waals surface area contributed by atoms with E-state index in [4.69, 9.17) is 0 Å². The number of ether oxygens (including phenoxy) is 2. The lowest BCUT2D eigenvalue weighted by atomic mass is 10.5. The van der Waals surface area contributed by atoms with Gasteiger partial charge in [-0.3, -0.25) is 9.59 Å². The molecule has 1 unspecified atom stereocenters. The summed E-state index contributed by atoms with van der Waals surface area (Å²) in [7, 11) is 0. The quantitative estimate of drug-likeness (QED) is 0.328. The van der Waals surface area contributed by atoms with Gasteiger partial charge in [0, 0.05) is 13.3 Å². The third kappa shape index (κ3) is 3.88. The van der Waals surface area contributed by atoms with E-state index in [1.165, 1.54) is 6.92 Å². The van der Waals surface area contributed by atoms with Crippen LogP contribution in [0, 0.1) is 0 Å². The minimum absolute atomic E-state index is 0.244. The van der Waals surface area contributed by atoms with Gasteiger partial charge in [0.2, 0.25) is 6.29 Å². The number of carbonyl (C=O) groups is 2. The Morgan fingerprint density at radius 2 is 2.30 bits per heavy atom. The van der Waals surface area contributed by atoms with Crippen molar-refractivity contribution in [3.05, 3.63) is 0 Å². The molecule has 1 atom stereocenters. The van der Waals surface area contributed by atoms with E-state index in [0.717, 1.165) is 0 Å². The Morgan fingerprint density at radius 3 is 2.70 bits per heavy atom. The van der Waals surface area contributed by atoms with Crippen LogP contribution >= 0.6 is 0 Å². The van der Waals surface area contributed by atoms with E-state index < -0.39 is 6.29 Å². The maximum Gasteiger partial charge on any atom is 0.308 e. The Bertz CT molecular complexity index is 121. The lowest BCUT2D eigenvalue weighted by Crippen LogP contribution is -2.16. The van der Waals surface area contributed by atoms with Gasteiger partial charge in [-0.25, -0.2) is 0 Å². The molecule has 0 aromatic rings. The summed E-state index contributed by atoms with van der Waals surface area (Å²) in [6.45, 7) is 3.38. The molecule has 0 heterocycles. The lowest BCUT2D eigenvalue weighted by molar-refractivity contribution is -0.175. The minimum Gasteiger partial charge on any atom is -0.428 e. The van der Waals surface area contributed by atoms with Crippen LogP contribution in [0.1, 0.15) is 20.3 Å². The van der Waals surface area contributed by atoms with Crippen molar-refractivity contribution in [2.24, 2.45) is 0 Å². The predicted molar refractivity (Wildman–Crippen MR) is 33.0 cm³/mol. The average Bonchev–Trinajstić information content (AvgIpc) is 1.88. The molecule has 0 bridgehead atoms. The molecule has 0 saturated heterocycles. The monoisotopic (exact) mass is 146 g/mol. The van der Waals surface area contributed by atoms with E-state index in [2.05, 4.69) is 9.47 Å². The number of carbonyl (C=O) groups excluding carboxylic acids is 2. The standard InChI is InChI=1S/C6H10O4/c1-3-6(8)10-5(2)9-4-7/h4-5H,3H2,1-2H3. The van der Waals surface area contributed by atoms with Crippen LogP contribution in [0.2, 0.25) is 0 Å². The summed E-state index contributed by atoms with van der Waals surface area (Å²) in [6.07, 6.45) is -0.489. The van der Waals surface area contributed by atoms with Crippen molar-refractivity contribution in [2.75, 3.05) is 0 Å². The minimum atomic E-state index is -0.773. The largest absolute Gasteiger partial charge is 0.428 e. The average molecular weight is 146 g/mol. The van der Waals surface area contributed by atoms with E-state index in [0.29, 0.717) is 0 Å². The van der Waals surface area contributed by atoms with E-state index in [1.54, 1.807) is 6.92 Å². The molecule has 4 nitrogen and oxygen atoms in total. The molecular formula is C6H10O4. The maximum atomic E-state index is 10.5. The second-order valence-corrected chi connectivity index (χ2v) is 1.64. The van der Waals surface area contributed by atoms with Crippen molar-refractivity contribution in [3.8, 4) is 0 Å². The lowest BCUT2D eigenvalue weighted by Gasteiger charge is -2.08. The molecule has 0 rings (SSSR count). The summed E-state index contributed by atoms with van der Waals surface area (Å²) < 4.78 is 8.84. The first-order valence-electron chi connectivity index (χ1n) is 2.99. The summed E-state index contributed by atoms with van der Waals surface area (Å²) in [5, 5.41) is 0. The molecule has 4 heteroatoms. The van der Waals surface area contributed by atoms with Gasteiger partial charge in [0.05, 0.1) is 0 Å². The molecule has 0 aliphatic carbocycles. The number of rotatable bonds is 4. The van der Waals surface area contributed by atoms with Crippen molar-refractivity contribution < 1.29 is 19.1 Å². The smallest absolute Gasteiger partial charge is 0.308 e. The zero-order valence-corrected chi connectivity index (χ0v) is 5.99. The summed E-state index contributed by atoms with van der Waals surface area (Å²) >= 11 is 0. The first-order valence-corrected chi connectivity index (χ1v) is 2.99. The zero-order chi connectivity index (χ0) is 7.98. The van der Waals surface area contributed by atoms with Crippen LogP contribution < -0.4 is 0 Å². The van der Waals surface area contributed by atoms with Crippen molar-refractivity contribution in [1.82, 2.24) is 0 Å². The SMILES string of the molecule is CCC(=O)OC(C)OC=O. The second-order valence-electron chi connectivity index (χ2n) is 1.64. The summed E-state index contributed by atoms with van der Waals surface area (Å²) in [5.74, 6) is -0.380. The molecule has 0 radical (unpaired) electrons. The van der Waals surface area contributed by atoms with E-state index in [1.807, 2.05) is 0 Å². The van der Waals surface area contributed by atoms with Crippen molar-refractivity contribution in [3.63, 3.8) is 0 Å². The van der Waals surface area contributed by atoms with Gasteiger partial charge >= 0.3 is 5.97 Å². The highest BCUT2D eigenvalue weighted by atomic mass is 16.7. The molecule has 58 valence electrons. The van der Waals surface area contributed by atoms with Crippen LogP contribution in [-0.4, -0.2) is 18.7 Å². The van der Waals surface area contributed by atoms with Gasteiger partial charge in [-0.1, -0.05) is 6.92 Å². The zero-order valence-electron chi connectivity index (χ0n) is 5.99. The summed E-state index contributed by atoms with van der Waals surface area (Å²) in [6, 6.07) is 0. The van der Waals surface area contributed by atoms with Crippen molar-refractivity contribution >= 4 is 12.4 Å². The number of hydrogen-bond donors (Lipinski definition) is 0. The summed E-state index contributed by atoms with van der Waals surface area (Å²) in [5.41, 5.74) is 0. The molecule has 0 aromatic carbocycles. The molecular weight excluding hydrogens is 136 g/mol. The molecule has 0 amide bonds.